The van der Waals surface area contributed by atoms with Crippen LogP contribution < -0.4 is 16.4 Å². The van der Waals surface area contributed by atoms with Gasteiger partial charge >= 0.3 is 0 Å². The fourth-order valence-corrected chi connectivity index (χ4v) is 4.06. The lowest BCUT2D eigenvalue weighted by atomic mass is 10.00. The lowest BCUT2D eigenvalue weighted by molar-refractivity contribution is -0.118. The molecule has 0 aliphatic carbocycles. The maximum absolute atomic E-state index is 11.5. The highest BCUT2D eigenvalue weighted by molar-refractivity contribution is 6.30. The Balaban J connectivity index is 1.99. The summed E-state index contributed by atoms with van der Waals surface area (Å²) in [5.74, 6) is 0.246. The van der Waals surface area contributed by atoms with E-state index in [-0.39, 0.29) is 29.3 Å². The number of carbonyl (C=O) groups is 1. The zero-order chi connectivity index (χ0) is 19.0. The van der Waals surface area contributed by atoms with E-state index in [1.54, 1.807) is 0 Å². The largest absolute Gasteiger partial charge is 0.370 e. The summed E-state index contributed by atoms with van der Waals surface area (Å²) < 4.78 is 0. The number of pyridine rings is 1. The van der Waals surface area contributed by atoms with Gasteiger partial charge < -0.3 is 16.4 Å². The van der Waals surface area contributed by atoms with Crippen LogP contribution >= 0.6 is 11.6 Å². The predicted octanol–water partition coefficient (Wildman–Crippen LogP) is 2.27. The fraction of sp³-hybridized carbons (Fsp3) is 0.444. The van der Waals surface area contributed by atoms with Crippen molar-refractivity contribution in [3.8, 4) is 0 Å². The molecule has 1 aliphatic heterocycles. The van der Waals surface area contributed by atoms with Gasteiger partial charge in [0.2, 0.25) is 11.9 Å². The van der Waals surface area contributed by atoms with E-state index in [1.165, 1.54) is 16.7 Å². The van der Waals surface area contributed by atoms with Gasteiger partial charge in [-0.05, 0) is 37.0 Å². The number of hydrogen-bond acceptors (Lipinski definition) is 6. The number of halogens is 1. The van der Waals surface area contributed by atoms with Crippen LogP contribution in [0.25, 0.3) is 0 Å². The molecule has 2 aromatic heterocycles. The molecular formula is C18H23ClN6O. The molecule has 0 saturated heterocycles. The maximum Gasteiger partial charge on any atom is 0.223 e. The van der Waals surface area contributed by atoms with Gasteiger partial charge in [-0.2, -0.15) is 4.98 Å². The zero-order valence-electron chi connectivity index (χ0n) is 15.2. The minimum Gasteiger partial charge on any atom is -0.370 e. The van der Waals surface area contributed by atoms with Crippen molar-refractivity contribution in [2.45, 2.75) is 46.1 Å². The molecule has 4 N–H and O–H groups in total. The minimum absolute atomic E-state index is 0.112. The SMILES string of the molecule is CCc1c(C)cnc(CN2CC(CC(N)=O)c3c(Cl)nc(N)nc32)c1C. The van der Waals surface area contributed by atoms with Gasteiger partial charge in [0, 0.05) is 30.6 Å². The molecule has 8 heteroatoms. The molecule has 2 aromatic rings. The first-order valence-corrected chi connectivity index (χ1v) is 8.99. The van der Waals surface area contributed by atoms with E-state index >= 15 is 0 Å². The van der Waals surface area contributed by atoms with Gasteiger partial charge in [-0.15, -0.1) is 0 Å². The first-order chi connectivity index (χ1) is 12.3. The Morgan fingerprint density at radius 2 is 2.12 bits per heavy atom. The molecule has 0 bridgehead atoms. The van der Waals surface area contributed by atoms with Crippen molar-refractivity contribution >= 4 is 29.3 Å². The number of fused-ring (bicyclic) bond motifs is 1. The van der Waals surface area contributed by atoms with Crippen molar-refractivity contribution in [2.24, 2.45) is 5.73 Å². The van der Waals surface area contributed by atoms with Crippen molar-refractivity contribution < 1.29 is 4.79 Å². The third-order valence-electron chi connectivity index (χ3n) is 4.96. The molecule has 26 heavy (non-hydrogen) atoms. The van der Waals surface area contributed by atoms with Gasteiger partial charge in [-0.1, -0.05) is 18.5 Å². The van der Waals surface area contributed by atoms with Crippen molar-refractivity contribution in [3.05, 3.63) is 39.3 Å². The Hall–Kier alpha value is -2.41. The average Bonchev–Trinajstić information content (AvgIpc) is 2.87. The molecule has 3 heterocycles. The maximum atomic E-state index is 11.5. The van der Waals surface area contributed by atoms with Crippen molar-refractivity contribution in [1.82, 2.24) is 15.0 Å². The topological polar surface area (TPSA) is 111 Å². The van der Waals surface area contributed by atoms with E-state index in [1.807, 2.05) is 6.20 Å². The molecule has 3 rings (SSSR count). The highest BCUT2D eigenvalue weighted by Crippen LogP contribution is 2.41. The number of aromatic nitrogens is 3. The third-order valence-corrected chi connectivity index (χ3v) is 5.25. The second kappa shape index (κ2) is 7.07. The Kier molecular flexibility index (Phi) is 5.00. The van der Waals surface area contributed by atoms with Crippen LogP contribution in [0.15, 0.2) is 6.20 Å². The summed E-state index contributed by atoms with van der Waals surface area (Å²) in [6.45, 7) is 7.44. The summed E-state index contributed by atoms with van der Waals surface area (Å²) in [4.78, 5) is 26.5. The monoisotopic (exact) mass is 374 g/mol. The molecular weight excluding hydrogens is 352 g/mol. The lowest BCUT2D eigenvalue weighted by Gasteiger charge is -2.21. The van der Waals surface area contributed by atoms with Crippen LogP contribution in [-0.2, 0) is 17.8 Å². The second-order valence-electron chi connectivity index (χ2n) is 6.70. The van der Waals surface area contributed by atoms with Crippen LogP contribution in [0.3, 0.4) is 0 Å². The molecule has 0 spiro atoms. The Morgan fingerprint density at radius 1 is 1.38 bits per heavy atom. The Labute approximate surface area is 157 Å². The Morgan fingerprint density at radius 3 is 2.77 bits per heavy atom. The number of nitrogen functional groups attached to an aromatic ring is 1. The summed E-state index contributed by atoms with van der Waals surface area (Å²) in [7, 11) is 0. The summed E-state index contributed by atoms with van der Waals surface area (Å²) in [6, 6.07) is 0. The van der Waals surface area contributed by atoms with Crippen LogP contribution in [0, 0.1) is 13.8 Å². The molecule has 0 radical (unpaired) electrons. The van der Waals surface area contributed by atoms with E-state index in [2.05, 4.69) is 40.6 Å². The van der Waals surface area contributed by atoms with E-state index < -0.39 is 0 Å². The number of aryl methyl sites for hydroxylation is 1. The average molecular weight is 375 g/mol. The molecule has 0 fully saturated rings. The molecule has 138 valence electrons. The number of anilines is 2. The van der Waals surface area contributed by atoms with Crippen molar-refractivity contribution in [1.29, 1.82) is 0 Å². The summed E-state index contributed by atoms with van der Waals surface area (Å²) in [6.07, 6.45) is 3.05. The van der Waals surface area contributed by atoms with Gasteiger partial charge in [0.25, 0.3) is 0 Å². The smallest absolute Gasteiger partial charge is 0.223 e. The Bertz CT molecular complexity index is 869. The van der Waals surface area contributed by atoms with Crippen LogP contribution in [-0.4, -0.2) is 27.4 Å². The second-order valence-corrected chi connectivity index (χ2v) is 7.06. The summed E-state index contributed by atoms with van der Waals surface area (Å²) in [5, 5.41) is 0.282. The number of nitrogens with zero attached hydrogens (tertiary/aromatic N) is 4. The quantitative estimate of drug-likeness (QED) is 0.776. The van der Waals surface area contributed by atoms with E-state index in [0.717, 1.165) is 17.7 Å². The molecule has 1 unspecified atom stereocenters. The number of primary amides is 1. The van der Waals surface area contributed by atoms with Crippen LogP contribution in [0.2, 0.25) is 5.15 Å². The predicted molar refractivity (Wildman–Crippen MR) is 102 cm³/mol. The molecule has 1 aliphatic rings. The zero-order valence-corrected chi connectivity index (χ0v) is 16.0. The number of rotatable bonds is 5. The standard InChI is InChI=1S/C18H23ClN6O/c1-4-12-9(2)6-22-13(10(12)3)8-25-7-11(5-14(20)26)15-16(19)23-18(21)24-17(15)25/h6,11H,4-5,7-8H2,1-3H3,(H2,20,26)(H2,21,23,24). The molecule has 1 amide bonds. The van der Waals surface area contributed by atoms with Gasteiger partial charge in [0.1, 0.15) is 11.0 Å². The van der Waals surface area contributed by atoms with E-state index in [9.17, 15) is 4.79 Å². The minimum atomic E-state index is -0.381. The summed E-state index contributed by atoms with van der Waals surface area (Å²) in [5.41, 5.74) is 16.6. The van der Waals surface area contributed by atoms with Crippen molar-refractivity contribution in [2.75, 3.05) is 17.2 Å². The first-order valence-electron chi connectivity index (χ1n) is 8.61. The highest BCUT2D eigenvalue weighted by atomic mass is 35.5. The molecule has 0 aromatic carbocycles. The van der Waals surface area contributed by atoms with Crippen LogP contribution in [0.1, 0.15) is 47.2 Å². The molecule has 0 saturated carbocycles. The number of nitrogens with two attached hydrogens (primary N) is 2. The number of carbonyl (C=O) groups excluding carboxylic acids is 1. The van der Waals surface area contributed by atoms with E-state index in [0.29, 0.717) is 18.9 Å². The fourth-order valence-electron chi connectivity index (χ4n) is 3.74. The molecule has 1 atom stereocenters. The number of amides is 1. The van der Waals surface area contributed by atoms with Crippen LogP contribution in [0.5, 0.6) is 0 Å². The normalized spacial score (nSPS) is 16.0. The number of hydrogen-bond donors (Lipinski definition) is 2. The van der Waals surface area contributed by atoms with Gasteiger partial charge in [0.05, 0.1) is 12.2 Å². The molecule has 7 nitrogen and oxygen atoms in total. The van der Waals surface area contributed by atoms with Gasteiger partial charge in [-0.25, -0.2) is 4.98 Å². The first kappa shape index (κ1) is 18.4. The van der Waals surface area contributed by atoms with Gasteiger partial charge in [-0.3, -0.25) is 9.78 Å². The highest BCUT2D eigenvalue weighted by Gasteiger charge is 2.34. The van der Waals surface area contributed by atoms with Crippen molar-refractivity contribution in [3.63, 3.8) is 0 Å². The van der Waals surface area contributed by atoms with Crippen LogP contribution in [0.4, 0.5) is 11.8 Å². The summed E-state index contributed by atoms with van der Waals surface area (Å²) >= 11 is 6.30. The van der Waals surface area contributed by atoms with E-state index in [4.69, 9.17) is 23.1 Å². The third kappa shape index (κ3) is 3.31. The lowest BCUT2D eigenvalue weighted by Crippen LogP contribution is -2.25. The van der Waals surface area contributed by atoms with Gasteiger partial charge in [0.15, 0.2) is 0 Å².